The van der Waals surface area contributed by atoms with Crippen LogP contribution in [-0.4, -0.2) is 18.0 Å². The van der Waals surface area contributed by atoms with E-state index >= 15 is 0 Å². The molecule has 1 aromatic carbocycles. The first kappa shape index (κ1) is 9.77. The van der Waals surface area contributed by atoms with Gasteiger partial charge in [0.05, 0.1) is 13.4 Å². The summed E-state index contributed by atoms with van der Waals surface area (Å²) >= 11 is 0. The number of fused-ring (bicyclic) bond motifs is 1. The van der Waals surface area contributed by atoms with E-state index in [-0.39, 0.29) is 5.78 Å². The molecule has 0 fully saturated rings. The highest BCUT2D eigenvalue weighted by atomic mass is 16.5. The van der Waals surface area contributed by atoms with Gasteiger partial charge in [-0.1, -0.05) is 12.1 Å². The summed E-state index contributed by atoms with van der Waals surface area (Å²) in [4.78, 5) is 11.5. The molecule has 0 aromatic heterocycles. The largest absolute Gasteiger partial charge is 0.515 e. The normalized spacial score (nSPS) is 17.7. The molecule has 0 unspecified atom stereocenters. The summed E-state index contributed by atoms with van der Waals surface area (Å²) in [7, 11) is 1.61. The molecule has 0 spiro atoms. The van der Waals surface area contributed by atoms with E-state index in [1.54, 1.807) is 7.11 Å². The van der Waals surface area contributed by atoms with Crippen LogP contribution >= 0.6 is 0 Å². The monoisotopic (exact) mass is 204 g/mol. The van der Waals surface area contributed by atoms with Gasteiger partial charge in [-0.3, -0.25) is 4.79 Å². The zero-order valence-corrected chi connectivity index (χ0v) is 8.49. The van der Waals surface area contributed by atoms with Crippen molar-refractivity contribution < 1.29 is 14.6 Å². The highest BCUT2D eigenvalue weighted by Crippen LogP contribution is 2.30. The molecular formula is C12H12O3. The van der Waals surface area contributed by atoms with E-state index in [1.807, 2.05) is 18.2 Å². The Morgan fingerprint density at radius 2 is 2.20 bits per heavy atom. The van der Waals surface area contributed by atoms with Crippen LogP contribution in [0.4, 0.5) is 0 Å². The maximum atomic E-state index is 11.5. The number of allylic oxidation sites excluding steroid dienone is 1. The molecule has 0 heterocycles. The van der Waals surface area contributed by atoms with E-state index in [1.165, 1.54) is 0 Å². The van der Waals surface area contributed by atoms with Crippen LogP contribution in [0.5, 0.6) is 5.75 Å². The number of rotatable bonds is 1. The first-order valence-electron chi connectivity index (χ1n) is 4.77. The van der Waals surface area contributed by atoms with Crippen LogP contribution in [0, 0.1) is 0 Å². The van der Waals surface area contributed by atoms with Crippen molar-refractivity contribution in [1.82, 2.24) is 0 Å². The van der Waals surface area contributed by atoms with Gasteiger partial charge in [-0.2, -0.15) is 0 Å². The lowest BCUT2D eigenvalue weighted by Crippen LogP contribution is -2.17. The molecule has 0 saturated heterocycles. The van der Waals surface area contributed by atoms with E-state index in [0.717, 1.165) is 23.1 Å². The van der Waals surface area contributed by atoms with Crippen molar-refractivity contribution in [3.8, 4) is 5.75 Å². The lowest BCUT2D eigenvalue weighted by Gasteiger charge is -2.19. The first-order chi connectivity index (χ1) is 7.26. The zero-order chi connectivity index (χ0) is 10.8. The summed E-state index contributed by atoms with van der Waals surface area (Å²) in [6.07, 6.45) is 1.70. The smallest absolute Gasteiger partial charge is 0.166 e. The number of ketones is 1. The van der Waals surface area contributed by atoms with Gasteiger partial charge in [0, 0.05) is 24.0 Å². The Morgan fingerprint density at radius 3 is 2.87 bits per heavy atom. The molecule has 1 aromatic rings. The minimum Gasteiger partial charge on any atom is -0.515 e. The van der Waals surface area contributed by atoms with Crippen molar-refractivity contribution in [2.45, 2.75) is 12.8 Å². The molecule has 1 N–H and O–H groups in total. The van der Waals surface area contributed by atoms with Crippen LogP contribution in [0.2, 0.25) is 0 Å². The SMILES string of the molecule is COc1cccc2c1CC(=CO)C(=O)C2. The summed E-state index contributed by atoms with van der Waals surface area (Å²) in [6, 6.07) is 5.66. The average Bonchev–Trinajstić information content (AvgIpc) is 2.27. The number of ether oxygens (including phenoxy) is 1. The van der Waals surface area contributed by atoms with Gasteiger partial charge in [-0.25, -0.2) is 0 Å². The fourth-order valence-electron chi connectivity index (χ4n) is 1.86. The van der Waals surface area contributed by atoms with Gasteiger partial charge in [-0.15, -0.1) is 0 Å². The average molecular weight is 204 g/mol. The maximum Gasteiger partial charge on any atom is 0.166 e. The van der Waals surface area contributed by atoms with Crippen LogP contribution in [0.25, 0.3) is 0 Å². The number of aliphatic hydroxyl groups excluding tert-OH is 1. The van der Waals surface area contributed by atoms with Gasteiger partial charge in [-0.05, 0) is 11.6 Å². The molecule has 1 aliphatic carbocycles. The van der Waals surface area contributed by atoms with E-state index in [2.05, 4.69) is 0 Å². The topological polar surface area (TPSA) is 46.5 Å². The number of Topliss-reactive ketones (excluding diaryl/α,β-unsaturated/α-hetero) is 1. The number of hydrogen-bond donors (Lipinski definition) is 1. The molecule has 0 aliphatic heterocycles. The Labute approximate surface area is 88.0 Å². The molecule has 0 radical (unpaired) electrons. The summed E-state index contributed by atoms with van der Waals surface area (Å²) in [6.45, 7) is 0. The van der Waals surface area contributed by atoms with Gasteiger partial charge < -0.3 is 9.84 Å². The van der Waals surface area contributed by atoms with Crippen molar-refractivity contribution in [1.29, 1.82) is 0 Å². The fraction of sp³-hybridized carbons (Fsp3) is 0.250. The third kappa shape index (κ3) is 1.61. The third-order valence-corrected chi connectivity index (χ3v) is 2.68. The fourth-order valence-corrected chi connectivity index (χ4v) is 1.86. The van der Waals surface area contributed by atoms with Crippen LogP contribution in [0.3, 0.4) is 0 Å². The molecule has 1 aliphatic rings. The number of carbonyl (C=O) groups excluding carboxylic acids is 1. The summed E-state index contributed by atoms with van der Waals surface area (Å²) in [5, 5.41) is 8.93. The van der Waals surface area contributed by atoms with Crippen molar-refractivity contribution in [2.24, 2.45) is 0 Å². The van der Waals surface area contributed by atoms with Crippen molar-refractivity contribution in [3.63, 3.8) is 0 Å². The molecule has 0 amide bonds. The molecule has 0 saturated carbocycles. The first-order valence-corrected chi connectivity index (χ1v) is 4.77. The quantitative estimate of drug-likeness (QED) is 0.560. The van der Waals surface area contributed by atoms with Crippen LogP contribution < -0.4 is 4.74 Å². The summed E-state index contributed by atoms with van der Waals surface area (Å²) < 4.78 is 5.22. The Kier molecular flexibility index (Phi) is 2.46. The van der Waals surface area contributed by atoms with Gasteiger partial charge in [0.15, 0.2) is 5.78 Å². The van der Waals surface area contributed by atoms with Crippen LogP contribution in [0.1, 0.15) is 11.1 Å². The molecule has 3 nitrogen and oxygen atoms in total. The number of carbonyl (C=O) groups is 1. The molecule has 0 bridgehead atoms. The predicted octanol–water partition coefficient (Wildman–Crippen LogP) is 1.80. The van der Waals surface area contributed by atoms with E-state index in [0.29, 0.717) is 18.4 Å². The highest BCUT2D eigenvalue weighted by molar-refractivity contribution is 5.99. The molecule has 0 atom stereocenters. The summed E-state index contributed by atoms with van der Waals surface area (Å²) in [5.41, 5.74) is 2.44. The Balaban J connectivity index is 2.50. The number of hydrogen-bond acceptors (Lipinski definition) is 3. The van der Waals surface area contributed by atoms with Crippen LogP contribution in [-0.2, 0) is 17.6 Å². The number of benzene rings is 1. The molecule has 15 heavy (non-hydrogen) atoms. The number of methoxy groups -OCH3 is 1. The second-order valence-corrected chi connectivity index (χ2v) is 3.53. The van der Waals surface area contributed by atoms with Crippen molar-refractivity contribution >= 4 is 5.78 Å². The van der Waals surface area contributed by atoms with Gasteiger partial charge in [0.25, 0.3) is 0 Å². The van der Waals surface area contributed by atoms with Gasteiger partial charge in [0.1, 0.15) is 5.75 Å². The Bertz CT molecular complexity index is 432. The lowest BCUT2D eigenvalue weighted by molar-refractivity contribution is -0.115. The van der Waals surface area contributed by atoms with Crippen molar-refractivity contribution in [3.05, 3.63) is 41.2 Å². The molecule has 3 heteroatoms. The highest BCUT2D eigenvalue weighted by Gasteiger charge is 2.23. The van der Waals surface area contributed by atoms with Crippen LogP contribution in [0.15, 0.2) is 30.0 Å². The minimum absolute atomic E-state index is 0.0155. The second kappa shape index (κ2) is 3.77. The molecular weight excluding hydrogens is 192 g/mol. The number of aliphatic hydroxyl groups is 1. The van der Waals surface area contributed by atoms with Crippen molar-refractivity contribution in [2.75, 3.05) is 7.11 Å². The second-order valence-electron chi connectivity index (χ2n) is 3.53. The third-order valence-electron chi connectivity index (χ3n) is 2.68. The molecule has 78 valence electrons. The summed E-state index contributed by atoms with van der Waals surface area (Å²) in [5.74, 6) is 0.762. The van der Waals surface area contributed by atoms with E-state index in [4.69, 9.17) is 9.84 Å². The maximum absolute atomic E-state index is 11.5. The Morgan fingerprint density at radius 1 is 1.40 bits per heavy atom. The van der Waals surface area contributed by atoms with E-state index in [9.17, 15) is 4.79 Å². The lowest BCUT2D eigenvalue weighted by atomic mass is 9.87. The molecule has 2 rings (SSSR count). The zero-order valence-electron chi connectivity index (χ0n) is 8.49. The van der Waals surface area contributed by atoms with E-state index < -0.39 is 0 Å². The standard InChI is InChI=1S/C12H12O3/c1-15-12-4-2-3-8-6-11(14)9(7-13)5-10(8)12/h2-4,7,13H,5-6H2,1H3. The predicted molar refractivity (Wildman–Crippen MR) is 56.1 cm³/mol. The van der Waals surface area contributed by atoms with Gasteiger partial charge >= 0.3 is 0 Å². The minimum atomic E-state index is -0.0155. The van der Waals surface area contributed by atoms with Gasteiger partial charge in [0.2, 0.25) is 0 Å². The Hall–Kier alpha value is -1.77.